The molecule has 2 aliphatic heterocycles. The highest BCUT2D eigenvalue weighted by molar-refractivity contribution is 7.99. The average molecular weight is 258 g/mol. The second kappa shape index (κ2) is 7.08. The largest absolute Gasteiger partial charge is 0.378 e. The maximum atomic E-state index is 5.96. The number of thioether (sulfide) groups is 1. The zero-order chi connectivity index (χ0) is 11.9. The topological polar surface area (TPSA) is 54.1 Å². The summed E-state index contributed by atoms with van der Waals surface area (Å²) in [7, 11) is 0. The van der Waals surface area contributed by atoms with Gasteiger partial charge in [-0.15, -0.1) is 0 Å². The highest BCUT2D eigenvalue weighted by Crippen LogP contribution is 2.08. The SMILES string of the molecule is NC(=NCCN1CCSCC1)N1CCOCC1. The van der Waals surface area contributed by atoms with E-state index < -0.39 is 0 Å². The molecule has 0 atom stereocenters. The molecule has 2 fully saturated rings. The third kappa shape index (κ3) is 4.37. The molecule has 0 amide bonds. The van der Waals surface area contributed by atoms with E-state index in [0.717, 1.165) is 39.4 Å². The molecule has 5 nitrogen and oxygen atoms in total. The fourth-order valence-corrected chi connectivity index (χ4v) is 3.00. The Balaban J connectivity index is 1.67. The van der Waals surface area contributed by atoms with E-state index in [1.807, 2.05) is 11.8 Å². The van der Waals surface area contributed by atoms with Gasteiger partial charge < -0.3 is 15.4 Å². The average Bonchev–Trinajstić information content (AvgIpc) is 2.41. The van der Waals surface area contributed by atoms with Crippen molar-refractivity contribution in [1.82, 2.24) is 9.80 Å². The van der Waals surface area contributed by atoms with Crippen molar-refractivity contribution in [3.05, 3.63) is 0 Å². The van der Waals surface area contributed by atoms with Crippen molar-refractivity contribution < 1.29 is 4.74 Å². The van der Waals surface area contributed by atoms with Crippen LogP contribution in [0.25, 0.3) is 0 Å². The molecule has 2 rings (SSSR count). The van der Waals surface area contributed by atoms with Gasteiger partial charge in [0.25, 0.3) is 0 Å². The van der Waals surface area contributed by atoms with E-state index in [-0.39, 0.29) is 0 Å². The molecule has 2 heterocycles. The fourth-order valence-electron chi connectivity index (χ4n) is 2.02. The lowest BCUT2D eigenvalue weighted by atomic mass is 10.4. The molecule has 17 heavy (non-hydrogen) atoms. The van der Waals surface area contributed by atoms with Crippen LogP contribution in [0.3, 0.4) is 0 Å². The van der Waals surface area contributed by atoms with Gasteiger partial charge >= 0.3 is 0 Å². The number of rotatable bonds is 3. The summed E-state index contributed by atoms with van der Waals surface area (Å²) in [6.07, 6.45) is 0. The fraction of sp³-hybridized carbons (Fsp3) is 0.909. The van der Waals surface area contributed by atoms with Gasteiger partial charge in [0, 0.05) is 44.2 Å². The summed E-state index contributed by atoms with van der Waals surface area (Å²) in [5, 5.41) is 0. The van der Waals surface area contributed by atoms with Crippen LogP contribution in [-0.4, -0.2) is 79.7 Å². The first-order chi connectivity index (χ1) is 8.36. The minimum atomic E-state index is 0.680. The zero-order valence-corrected chi connectivity index (χ0v) is 11.1. The van der Waals surface area contributed by atoms with Gasteiger partial charge in [0.15, 0.2) is 5.96 Å². The molecule has 2 N–H and O–H groups in total. The smallest absolute Gasteiger partial charge is 0.191 e. The van der Waals surface area contributed by atoms with Crippen LogP contribution in [0.5, 0.6) is 0 Å². The number of morpholine rings is 1. The quantitative estimate of drug-likeness (QED) is 0.555. The molecule has 98 valence electrons. The van der Waals surface area contributed by atoms with Gasteiger partial charge in [0.2, 0.25) is 0 Å². The summed E-state index contributed by atoms with van der Waals surface area (Å²) in [6.45, 7) is 7.50. The number of hydrogen-bond donors (Lipinski definition) is 1. The predicted octanol–water partition coefficient (Wildman–Crippen LogP) is -0.318. The Morgan fingerprint density at radius 2 is 1.88 bits per heavy atom. The third-order valence-corrected chi connectivity index (χ3v) is 4.07. The minimum absolute atomic E-state index is 0.680. The Kier molecular flexibility index (Phi) is 5.41. The molecule has 0 unspecified atom stereocenters. The van der Waals surface area contributed by atoms with E-state index in [1.54, 1.807) is 0 Å². The van der Waals surface area contributed by atoms with Crippen LogP contribution >= 0.6 is 11.8 Å². The molecular formula is C11H22N4OS. The summed E-state index contributed by atoms with van der Waals surface area (Å²) < 4.78 is 5.29. The number of ether oxygens (including phenoxy) is 1. The molecule has 6 heteroatoms. The monoisotopic (exact) mass is 258 g/mol. The molecule has 2 saturated heterocycles. The molecule has 0 aromatic carbocycles. The van der Waals surface area contributed by atoms with E-state index in [9.17, 15) is 0 Å². The molecule has 0 aliphatic carbocycles. The second-order valence-corrected chi connectivity index (χ2v) is 5.52. The van der Waals surface area contributed by atoms with E-state index in [0.29, 0.717) is 5.96 Å². The zero-order valence-electron chi connectivity index (χ0n) is 10.3. The van der Waals surface area contributed by atoms with Crippen LogP contribution < -0.4 is 5.73 Å². The van der Waals surface area contributed by atoms with Gasteiger partial charge in [-0.3, -0.25) is 9.89 Å². The van der Waals surface area contributed by atoms with Crippen LogP contribution in [0.2, 0.25) is 0 Å². The van der Waals surface area contributed by atoms with Gasteiger partial charge in [-0.1, -0.05) is 0 Å². The lowest BCUT2D eigenvalue weighted by molar-refractivity contribution is 0.0674. The van der Waals surface area contributed by atoms with Gasteiger partial charge in [-0.25, -0.2) is 0 Å². The van der Waals surface area contributed by atoms with Crippen molar-refractivity contribution in [2.75, 3.05) is 64.0 Å². The predicted molar refractivity (Wildman–Crippen MR) is 72.6 cm³/mol. The Morgan fingerprint density at radius 1 is 1.18 bits per heavy atom. The maximum absolute atomic E-state index is 5.96. The van der Waals surface area contributed by atoms with Crippen molar-refractivity contribution >= 4 is 17.7 Å². The van der Waals surface area contributed by atoms with Gasteiger partial charge in [-0.2, -0.15) is 11.8 Å². The molecule has 0 aromatic heterocycles. The van der Waals surface area contributed by atoms with E-state index >= 15 is 0 Å². The number of guanidine groups is 1. The molecule has 0 aromatic rings. The summed E-state index contributed by atoms with van der Waals surface area (Å²) in [4.78, 5) is 9.03. The van der Waals surface area contributed by atoms with Gasteiger partial charge in [0.05, 0.1) is 19.8 Å². The first-order valence-electron chi connectivity index (χ1n) is 6.29. The van der Waals surface area contributed by atoms with Crippen LogP contribution in [0, 0.1) is 0 Å². The van der Waals surface area contributed by atoms with Crippen molar-refractivity contribution in [2.24, 2.45) is 10.7 Å². The normalized spacial score (nSPS) is 24.0. The molecular weight excluding hydrogens is 236 g/mol. The van der Waals surface area contributed by atoms with Crippen molar-refractivity contribution in [3.63, 3.8) is 0 Å². The van der Waals surface area contributed by atoms with Crippen LogP contribution in [0.4, 0.5) is 0 Å². The van der Waals surface area contributed by atoms with E-state index in [1.165, 1.54) is 24.6 Å². The number of aliphatic imine (C=N–C) groups is 1. The Hall–Kier alpha value is -0.460. The molecule has 0 spiro atoms. The van der Waals surface area contributed by atoms with E-state index in [4.69, 9.17) is 10.5 Å². The molecule has 0 radical (unpaired) electrons. The lowest BCUT2D eigenvalue weighted by Crippen LogP contribution is -2.45. The molecule has 2 aliphatic rings. The number of hydrogen-bond acceptors (Lipinski definition) is 4. The maximum Gasteiger partial charge on any atom is 0.191 e. The Labute approximate surface area is 107 Å². The Morgan fingerprint density at radius 3 is 2.59 bits per heavy atom. The van der Waals surface area contributed by atoms with E-state index in [2.05, 4.69) is 14.8 Å². The summed E-state index contributed by atoms with van der Waals surface area (Å²) in [6, 6.07) is 0. The van der Waals surface area contributed by atoms with Crippen molar-refractivity contribution in [1.29, 1.82) is 0 Å². The van der Waals surface area contributed by atoms with Crippen LogP contribution in [-0.2, 0) is 4.74 Å². The minimum Gasteiger partial charge on any atom is -0.378 e. The first kappa shape index (κ1) is 13.0. The van der Waals surface area contributed by atoms with Crippen molar-refractivity contribution in [2.45, 2.75) is 0 Å². The number of nitrogens with zero attached hydrogens (tertiary/aromatic N) is 3. The third-order valence-electron chi connectivity index (χ3n) is 3.13. The Bertz CT molecular complexity index is 250. The first-order valence-corrected chi connectivity index (χ1v) is 7.44. The highest BCUT2D eigenvalue weighted by Gasteiger charge is 2.12. The second-order valence-electron chi connectivity index (χ2n) is 4.29. The van der Waals surface area contributed by atoms with Crippen molar-refractivity contribution in [3.8, 4) is 0 Å². The lowest BCUT2D eigenvalue weighted by Gasteiger charge is -2.28. The summed E-state index contributed by atoms with van der Waals surface area (Å²) in [5.41, 5.74) is 5.96. The standard InChI is InChI=1S/C11H22N4OS/c12-11(15-3-7-16-8-4-15)13-1-2-14-5-9-17-10-6-14/h1-10H2,(H2,12,13). The van der Waals surface area contributed by atoms with Crippen LogP contribution in [0.15, 0.2) is 4.99 Å². The molecule has 0 bridgehead atoms. The van der Waals surface area contributed by atoms with Crippen LogP contribution in [0.1, 0.15) is 0 Å². The molecule has 0 saturated carbocycles. The summed E-state index contributed by atoms with van der Waals surface area (Å²) in [5.74, 6) is 3.19. The van der Waals surface area contributed by atoms with Gasteiger partial charge in [0.1, 0.15) is 0 Å². The van der Waals surface area contributed by atoms with Gasteiger partial charge in [-0.05, 0) is 0 Å². The summed E-state index contributed by atoms with van der Waals surface area (Å²) >= 11 is 2.04. The highest BCUT2D eigenvalue weighted by atomic mass is 32.2. The number of nitrogens with two attached hydrogens (primary N) is 1.